The number of unbranched alkanes of at least 4 members (excludes halogenated alkanes) is 1. The monoisotopic (exact) mass is 353 g/mol. The molecule has 1 heterocycles. The number of halogens is 1. The van der Waals surface area contributed by atoms with Crippen LogP contribution in [0.2, 0.25) is 5.02 Å². The minimum Gasteiger partial charge on any atom is -0.334 e. The highest BCUT2D eigenvalue weighted by Crippen LogP contribution is 2.19. The second-order valence-corrected chi connectivity index (χ2v) is 6.38. The van der Waals surface area contributed by atoms with Crippen molar-refractivity contribution in [2.24, 2.45) is 0 Å². The third kappa shape index (κ3) is 4.15. The van der Waals surface area contributed by atoms with Crippen molar-refractivity contribution in [2.45, 2.75) is 26.3 Å². The van der Waals surface area contributed by atoms with Crippen LogP contribution in [0, 0.1) is 0 Å². The maximum atomic E-state index is 13.2. The van der Waals surface area contributed by atoms with Gasteiger partial charge < -0.3 is 4.90 Å². The van der Waals surface area contributed by atoms with E-state index in [0.29, 0.717) is 29.2 Å². The van der Waals surface area contributed by atoms with Gasteiger partial charge in [0, 0.05) is 30.5 Å². The van der Waals surface area contributed by atoms with Crippen molar-refractivity contribution in [1.29, 1.82) is 0 Å². The molecule has 0 radical (unpaired) electrons. The smallest absolute Gasteiger partial charge is 0.256 e. The fourth-order valence-corrected chi connectivity index (χ4v) is 3.01. The Bertz CT molecular complexity index is 876. The SMILES string of the molecule is CCCCN(Cc1cccc(Cl)c1)C(=O)c1cccc2nccnc12. The number of hydrogen-bond acceptors (Lipinski definition) is 3. The van der Waals surface area contributed by atoms with E-state index in [1.807, 2.05) is 47.4 Å². The molecule has 4 nitrogen and oxygen atoms in total. The molecule has 3 aromatic rings. The first-order valence-corrected chi connectivity index (χ1v) is 8.80. The van der Waals surface area contributed by atoms with Gasteiger partial charge in [0.15, 0.2) is 0 Å². The van der Waals surface area contributed by atoms with Gasteiger partial charge in [-0.2, -0.15) is 0 Å². The maximum absolute atomic E-state index is 13.2. The van der Waals surface area contributed by atoms with Crippen LogP contribution in [0.25, 0.3) is 11.0 Å². The average Bonchev–Trinajstić information content (AvgIpc) is 2.64. The van der Waals surface area contributed by atoms with Crippen LogP contribution >= 0.6 is 11.6 Å². The summed E-state index contributed by atoms with van der Waals surface area (Å²) in [5.74, 6) is -0.0282. The van der Waals surface area contributed by atoms with Gasteiger partial charge in [-0.1, -0.05) is 43.1 Å². The van der Waals surface area contributed by atoms with Gasteiger partial charge in [0.05, 0.1) is 11.1 Å². The van der Waals surface area contributed by atoms with Crippen molar-refractivity contribution in [3.63, 3.8) is 0 Å². The lowest BCUT2D eigenvalue weighted by Gasteiger charge is -2.23. The van der Waals surface area contributed by atoms with E-state index in [1.165, 1.54) is 0 Å². The van der Waals surface area contributed by atoms with E-state index in [0.717, 1.165) is 23.9 Å². The van der Waals surface area contributed by atoms with Gasteiger partial charge in [0.2, 0.25) is 0 Å². The predicted molar refractivity (Wildman–Crippen MR) is 101 cm³/mol. The quantitative estimate of drug-likeness (QED) is 0.643. The first kappa shape index (κ1) is 17.4. The minimum atomic E-state index is -0.0282. The van der Waals surface area contributed by atoms with Crippen LogP contribution in [-0.4, -0.2) is 27.3 Å². The zero-order valence-electron chi connectivity index (χ0n) is 14.2. The molecule has 0 bridgehead atoms. The number of amides is 1. The molecule has 0 aliphatic heterocycles. The molecule has 128 valence electrons. The first-order valence-electron chi connectivity index (χ1n) is 8.42. The van der Waals surface area contributed by atoms with Crippen LogP contribution in [0.4, 0.5) is 0 Å². The number of rotatable bonds is 6. The van der Waals surface area contributed by atoms with Gasteiger partial charge in [-0.05, 0) is 36.2 Å². The molecule has 0 saturated heterocycles. The Balaban J connectivity index is 1.93. The zero-order valence-corrected chi connectivity index (χ0v) is 14.9. The van der Waals surface area contributed by atoms with Crippen LogP contribution in [0.1, 0.15) is 35.7 Å². The lowest BCUT2D eigenvalue weighted by molar-refractivity contribution is 0.0742. The summed E-state index contributed by atoms with van der Waals surface area (Å²) in [5.41, 5.74) is 2.97. The summed E-state index contributed by atoms with van der Waals surface area (Å²) < 4.78 is 0. The number of carbonyl (C=O) groups is 1. The second-order valence-electron chi connectivity index (χ2n) is 5.94. The highest BCUT2D eigenvalue weighted by molar-refractivity contribution is 6.30. The summed E-state index contributed by atoms with van der Waals surface area (Å²) in [6.45, 7) is 3.33. The molecule has 3 rings (SSSR count). The summed E-state index contributed by atoms with van der Waals surface area (Å²) in [6, 6.07) is 13.2. The summed E-state index contributed by atoms with van der Waals surface area (Å²) in [4.78, 5) is 23.7. The first-order chi connectivity index (χ1) is 12.2. The van der Waals surface area contributed by atoms with Crippen LogP contribution in [0.3, 0.4) is 0 Å². The fourth-order valence-electron chi connectivity index (χ4n) is 2.79. The van der Waals surface area contributed by atoms with Crippen LogP contribution in [0.15, 0.2) is 54.9 Å². The fraction of sp³-hybridized carbons (Fsp3) is 0.250. The Hall–Kier alpha value is -2.46. The van der Waals surface area contributed by atoms with Crippen LogP contribution in [0.5, 0.6) is 0 Å². The minimum absolute atomic E-state index is 0.0282. The molecular formula is C20H20ClN3O. The summed E-state index contributed by atoms with van der Waals surface area (Å²) in [7, 11) is 0. The van der Waals surface area contributed by atoms with Crippen molar-refractivity contribution in [1.82, 2.24) is 14.9 Å². The second kappa shape index (κ2) is 8.08. The molecule has 0 spiro atoms. The van der Waals surface area contributed by atoms with Gasteiger partial charge in [0.1, 0.15) is 5.52 Å². The van der Waals surface area contributed by atoms with Crippen LogP contribution < -0.4 is 0 Å². The standard InChI is InChI=1S/C20H20ClN3O/c1-2-3-12-24(14-15-6-4-7-16(21)13-15)20(25)17-8-5-9-18-19(17)23-11-10-22-18/h4-11,13H,2-3,12,14H2,1H3. The lowest BCUT2D eigenvalue weighted by Crippen LogP contribution is -2.31. The Morgan fingerprint density at radius 3 is 2.72 bits per heavy atom. The normalized spacial score (nSPS) is 10.8. The molecule has 0 atom stereocenters. The molecule has 0 fully saturated rings. The van der Waals surface area contributed by atoms with E-state index >= 15 is 0 Å². The summed E-state index contributed by atoms with van der Waals surface area (Å²) in [5, 5.41) is 0.677. The lowest BCUT2D eigenvalue weighted by atomic mass is 10.1. The topological polar surface area (TPSA) is 46.1 Å². The molecule has 0 saturated carbocycles. The predicted octanol–water partition coefficient (Wildman–Crippen LogP) is 4.73. The van der Waals surface area contributed by atoms with Gasteiger partial charge in [-0.25, -0.2) is 0 Å². The molecule has 1 aromatic heterocycles. The van der Waals surface area contributed by atoms with E-state index in [-0.39, 0.29) is 5.91 Å². The van der Waals surface area contributed by atoms with Gasteiger partial charge in [-0.15, -0.1) is 0 Å². The Morgan fingerprint density at radius 2 is 1.92 bits per heavy atom. The van der Waals surface area contributed by atoms with Crippen molar-refractivity contribution in [3.8, 4) is 0 Å². The number of hydrogen-bond donors (Lipinski definition) is 0. The third-order valence-corrected chi connectivity index (χ3v) is 4.30. The van der Waals surface area contributed by atoms with Gasteiger partial charge in [-0.3, -0.25) is 14.8 Å². The molecule has 0 unspecified atom stereocenters. The highest BCUT2D eigenvalue weighted by atomic mass is 35.5. The van der Waals surface area contributed by atoms with E-state index in [2.05, 4.69) is 16.9 Å². The Kier molecular flexibility index (Phi) is 5.61. The molecular weight excluding hydrogens is 334 g/mol. The van der Waals surface area contributed by atoms with Crippen molar-refractivity contribution in [3.05, 3.63) is 71.0 Å². The number of carbonyl (C=O) groups excluding carboxylic acids is 1. The summed E-state index contributed by atoms with van der Waals surface area (Å²) in [6.07, 6.45) is 5.22. The van der Waals surface area contributed by atoms with E-state index in [4.69, 9.17) is 11.6 Å². The molecule has 0 aliphatic rings. The molecule has 2 aromatic carbocycles. The number of para-hydroxylation sites is 1. The van der Waals surface area contributed by atoms with E-state index in [1.54, 1.807) is 12.4 Å². The third-order valence-electron chi connectivity index (χ3n) is 4.06. The number of benzene rings is 2. The Labute approximate surface area is 152 Å². The zero-order chi connectivity index (χ0) is 17.6. The van der Waals surface area contributed by atoms with Crippen molar-refractivity contribution >= 4 is 28.5 Å². The van der Waals surface area contributed by atoms with Crippen LogP contribution in [-0.2, 0) is 6.54 Å². The molecule has 25 heavy (non-hydrogen) atoms. The molecule has 5 heteroatoms. The molecule has 0 aliphatic carbocycles. The van der Waals surface area contributed by atoms with Gasteiger partial charge in [0.25, 0.3) is 5.91 Å². The van der Waals surface area contributed by atoms with E-state index in [9.17, 15) is 4.79 Å². The highest BCUT2D eigenvalue weighted by Gasteiger charge is 2.19. The van der Waals surface area contributed by atoms with Crippen molar-refractivity contribution < 1.29 is 4.79 Å². The Morgan fingerprint density at radius 1 is 1.12 bits per heavy atom. The van der Waals surface area contributed by atoms with Crippen molar-refractivity contribution in [2.75, 3.05) is 6.54 Å². The maximum Gasteiger partial charge on any atom is 0.256 e. The summed E-state index contributed by atoms with van der Waals surface area (Å²) >= 11 is 6.09. The number of fused-ring (bicyclic) bond motifs is 1. The molecule has 1 amide bonds. The molecule has 0 N–H and O–H groups in total. The number of nitrogens with zero attached hydrogens (tertiary/aromatic N) is 3. The van der Waals surface area contributed by atoms with Gasteiger partial charge >= 0.3 is 0 Å². The van der Waals surface area contributed by atoms with E-state index < -0.39 is 0 Å². The largest absolute Gasteiger partial charge is 0.334 e. The number of aromatic nitrogens is 2. The average molecular weight is 354 g/mol.